The highest BCUT2D eigenvalue weighted by Gasteiger charge is 2.09. The van der Waals surface area contributed by atoms with Gasteiger partial charge in [0.05, 0.1) is 10.0 Å². The number of para-hydroxylation sites is 1. The quantitative estimate of drug-likeness (QED) is 0.735. The Balaban J connectivity index is 2.24. The largest absolute Gasteiger partial charge is 0.458 e. The molecule has 0 spiro atoms. The molecule has 0 radical (unpaired) electrons. The zero-order valence-corrected chi connectivity index (χ0v) is 8.85. The first-order chi connectivity index (χ1) is 6.77. The molecule has 0 bridgehead atoms. The van der Waals surface area contributed by atoms with Crippen LogP contribution >= 0.6 is 23.2 Å². The molecule has 72 valence electrons. The maximum absolute atomic E-state index is 5.95. The van der Waals surface area contributed by atoms with E-state index in [1.54, 1.807) is 18.2 Å². The third-order valence-corrected chi connectivity index (χ3v) is 2.48. The molecule has 3 heteroatoms. The summed E-state index contributed by atoms with van der Waals surface area (Å²) in [6.07, 6.45) is 6.65. The smallest absolute Gasteiger partial charge is 0.164 e. The molecule has 1 nitrogen and oxygen atoms in total. The van der Waals surface area contributed by atoms with Gasteiger partial charge in [0.15, 0.2) is 5.75 Å². The van der Waals surface area contributed by atoms with Crippen molar-refractivity contribution in [1.29, 1.82) is 0 Å². The number of rotatable bonds is 2. The molecule has 0 unspecified atom stereocenters. The fourth-order valence-electron chi connectivity index (χ4n) is 1.21. The average Bonchev–Trinajstić information content (AvgIpc) is 2.64. The first-order valence-electron chi connectivity index (χ1n) is 4.25. The van der Waals surface area contributed by atoms with Crippen LogP contribution in [-0.2, 0) is 0 Å². The standard InChI is InChI=1S/C11H8Cl2O/c12-9-6-3-7-10(13)11(9)14-8-4-1-2-5-8/h1-4,6-7H,5H2. The predicted molar refractivity (Wildman–Crippen MR) is 58.9 cm³/mol. The monoisotopic (exact) mass is 226 g/mol. The number of benzene rings is 1. The SMILES string of the molecule is Clc1cccc(Cl)c1OC1=CC=CC1. The fraction of sp³-hybridized carbons (Fsp3) is 0.0909. The molecule has 0 atom stereocenters. The first-order valence-corrected chi connectivity index (χ1v) is 5.00. The second-order valence-electron chi connectivity index (χ2n) is 2.92. The maximum Gasteiger partial charge on any atom is 0.164 e. The van der Waals surface area contributed by atoms with E-state index in [1.165, 1.54) is 0 Å². The highest BCUT2D eigenvalue weighted by molar-refractivity contribution is 6.37. The summed E-state index contributed by atoms with van der Waals surface area (Å²) >= 11 is 11.9. The third-order valence-electron chi connectivity index (χ3n) is 1.89. The van der Waals surface area contributed by atoms with E-state index in [9.17, 15) is 0 Å². The summed E-state index contributed by atoms with van der Waals surface area (Å²) in [5.41, 5.74) is 0. The summed E-state index contributed by atoms with van der Waals surface area (Å²) in [5, 5.41) is 1.07. The van der Waals surface area contributed by atoms with E-state index in [1.807, 2.05) is 18.2 Å². The molecule has 1 aromatic carbocycles. The summed E-state index contributed by atoms with van der Waals surface area (Å²) in [6, 6.07) is 5.30. The maximum atomic E-state index is 5.95. The Morgan fingerprint density at radius 3 is 2.43 bits per heavy atom. The van der Waals surface area contributed by atoms with Crippen LogP contribution in [0.4, 0.5) is 0 Å². The Bertz CT molecular complexity index is 387. The minimum Gasteiger partial charge on any atom is -0.458 e. The predicted octanol–water partition coefficient (Wildman–Crippen LogP) is 4.22. The fourth-order valence-corrected chi connectivity index (χ4v) is 1.69. The van der Waals surface area contributed by atoms with Gasteiger partial charge in [0.1, 0.15) is 5.76 Å². The number of ether oxygens (including phenoxy) is 1. The van der Waals surface area contributed by atoms with Gasteiger partial charge in [-0.25, -0.2) is 0 Å². The van der Waals surface area contributed by atoms with Gasteiger partial charge in [0.25, 0.3) is 0 Å². The lowest BCUT2D eigenvalue weighted by Gasteiger charge is -2.09. The zero-order valence-electron chi connectivity index (χ0n) is 7.34. The van der Waals surface area contributed by atoms with Crippen molar-refractivity contribution in [3.8, 4) is 5.75 Å². The molecule has 0 N–H and O–H groups in total. The lowest BCUT2D eigenvalue weighted by atomic mass is 10.3. The molecular weight excluding hydrogens is 219 g/mol. The Labute approximate surface area is 92.6 Å². The van der Waals surface area contributed by atoms with Crippen molar-refractivity contribution in [2.24, 2.45) is 0 Å². The third kappa shape index (κ3) is 1.94. The van der Waals surface area contributed by atoms with Crippen LogP contribution in [0.5, 0.6) is 5.75 Å². The van der Waals surface area contributed by atoms with E-state index < -0.39 is 0 Å². The van der Waals surface area contributed by atoms with Crippen LogP contribution in [0.15, 0.2) is 42.2 Å². The molecule has 0 saturated carbocycles. The van der Waals surface area contributed by atoms with Crippen LogP contribution in [0.3, 0.4) is 0 Å². The number of allylic oxidation sites excluding steroid dienone is 3. The van der Waals surface area contributed by atoms with E-state index in [2.05, 4.69) is 0 Å². The first kappa shape index (κ1) is 9.63. The topological polar surface area (TPSA) is 9.23 Å². The molecule has 0 aliphatic heterocycles. The van der Waals surface area contributed by atoms with E-state index in [-0.39, 0.29) is 0 Å². The van der Waals surface area contributed by atoms with Gasteiger partial charge in [-0.1, -0.05) is 41.4 Å². The summed E-state index contributed by atoms with van der Waals surface area (Å²) in [5.74, 6) is 1.39. The van der Waals surface area contributed by atoms with Crippen molar-refractivity contribution in [3.63, 3.8) is 0 Å². The van der Waals surface area contributed by atoms with E-state index in [0.717, 1.165) is 12.2 Å². The number of hydrogen-bond acceptors (Lipinski definition) is 1. The van der Waals surface area contributed by atoms with Gasteiger partial charge in [-0.3, -0.25) is 0 Å². The van der Waals surface area contributed by atoms with Crippen molar-refractivity contribution < 1.29 is 4.74 Å². The highest BCUT2D eigenvalue weighted by Crippen LogP contribution is 2.34. The van der Waals surface area contributed by atoms with Crippen LogP contribution < -0.4 is 4.74 Å². The number of hydrogen-bond donors (Lipinski definition) is 0. The zero-order chi connectivity index (χ0) is 9.97. The van der Waals surface area contributed by atoms with Crippen molar-refractivity contribution in [3.05, 3.63) is 52.2 Å². The van der Waals surface area contributed by atoms with Gasteiger partial charge >= 0.3 is 0 Å². The average molecular weight is 227 g/mol. The molecule has 0 aromatic heterocycles. The second-order valence-corrected chi connectivity index (χ2v) is 3.73. The van der Waals surface area contributed by atoms with Crippen molar-refractivity contribution in [1.82, 2.24) is 0 Å². The molecule has 0 fully saturated rings. The van der Waals surface area contributed by atoms with Gasteiger partial charge in [0, 0.05) is 6.42 Å². The minimum absolute atomic E-state index is 0.533. The molecule has 14 heavy (non-hydrogen) atoms. The molecule has 0 heterocycles. The summed E-state index contributed by atoms with van der Waals surface area (Å²) in [4.78, 5) is 0. The molecule has 0 amide bonds. The van der Waals surface area contributed by atoms with Gasteiger partial charge in [-0.2, -0.15) is 0 Å². The van der Waals surface area contributed by atoms with Crippen LogP contribution in [0.25, 0.3) is 0 Å². The Hall–Kier alpha value is -0.920. The van der Waals surface area contributed by atoms with Gasteiger partial charge in [-0.05, 0) is 18.2 Å². The van der Waals surface area contributed by atoms with Gasteiger partial charge in [0.2, 0.25) is 0 Å². The Morgan fingerprint density at radius 2 is 1.86 bits per heavy atom. The molecular formula is C11H8Cl2O. The van der Waals surface area contributed by atoms with E-state index in [4.69, 9.17) is 27.9 Å². The summed E-state index contributed by atoms with van der Waals surface area (Å²) < 4.78 is 5.57. The van der Waals surface area contributed by atoms with Crippen LogP contribution in [0.1, 0.15) is 6.42 Å². The van der Waals surface area contributed by atoms with Crippen LogP contribution in [0.2, 0.25) is 10.0 Å². The van der Waals surface area contributed by atoms with E-state index >= 15 is 0 Å². The van der Waals surface area contributed by atoms with Crippen molar-refractivity contribution >= 4 is 23.2 Å². The van der Waals surface area contributed by atoms with Crippen molar-refractivity contribution in [2.45, 2.75) is 6.42 Å². The molecule has 1 aliphatic carbocycles. The summed E-state index contributed by atoms with van der Waals surface area (Å²) in [7, 11) is 0. The lowest BCUT2D eigenvalue weighted by molar-refractivity contribution is 0.419. The van der Waals surface area contributed by atoms with Crippen LogP contribution in [-0.4, -0.2) is 0 Å². The molecule has 1 aliphatic rings. The van der Waals surface area contributed by atoms with Crippen LogP contribution in [0, 0.1) is 0 Å². The summed E-state index contributed by atoms with van der Waals surface area (Å²) in [6.45, 7) is 0. The lowest BCUT2D eigenvalue weighted by Crippen LogP contribution is -1.93. The van der Waals surface area contributed by atoms with Crippen molar-refractivity contribution in [2.75, 3.05) is 0 Å². The number of halogens is 2. The minimum atomic E-state index is 0.533. The normalized spacial score (nSPS) is 14.3. The molecule has 1 aromatic rings. The van der Waals surface area contributed by atoms with E-state index in [0.29, 0.717) is 15.8 Å². The molecule has 0 saturated heterocycles. The Morgan fingerprint density at radius 1 is 1.14 bits per heavy atom. The van der Waals surface area contributed by atoms with Gasteiger partial charge < -0.3 is 4.74 Å². The van der Waals surface area contributed by atoms with Gasteiger partial charge in [-0.15, -0.1) is 0 Å². The highest BCUT2D eigenvalue weighted by atomic mass is 35.5. The molecule has 2 rings (SSSR count). The second kappa shape index (κ2) is 4.07. The Kier molecular flexibility index (Phi) is 2.80.